The number of halogens is 1. The zero-order valence-electron chi connectivity index (χ0n) is 13.5. The number of nitrogens with zero attached hydrogens (tertiary/aromatic N) is 3. The number of hydrogen-bond donors (Lipinski definition) is 0. The highest BCUT2D eigenvalue weighted by atomic mass is 35.5. The molecule has 1 aromatic heterocycles. The Morgan fingerprint density at radius 1 is 1.43 bits per heavy atom. The van der Waals surface area contributed by atoms with Crippen molar-refractivity contribution in [3.05, 3.63) is 16.4 Å². The van der Waals surface area contributed by atoms with Crippen molar-refractivity contribution in [2.24, 2.45) is 11.3 Å². The fraction of sp³-hybridized carbons (Fsp3) is 0.765. The minimum absolute atomic E-state index is 0.249. The average Bonchev–Trinajstić information content (AvgIpc) is 2.83. The van der Waals surface area contributed by atoms with Gasteiger partial charge >= 0.3 is 0 Å². The summed E-state index contributed by atoms with van der Waals surface area (Å²) in [6, 6.07) is 2.64. The quantitative estimate of drug-likeness (QED) is 0.786. The molecular weight excluding hydrogens is 282 g/mol. The summed E-state index contributed by atoms with van der Waals surface area (Å²) < 4.78 is 2.00. The van der Waals surface area contributed by atoms with E-state index in [9.17, 15) is 5.26 Å². The first-order chi connectivity index (χ1) is 10.1. The lowest BCUT2D eigenvalue weighted by molar-refractivity contribution is 0.191. The number of aromatic nitrogens is 2. The fourth-order valence-electron chi connectivity index (χ4n) is 3.64. The maximum atomic E-state index is 9.81. The molecule has 2 atom stereocenters. The van der Waals surface area contributed by atoms with E-state index in [0.717, 1.165) is 55.1 Å². The van der Waals surface area contributed by atoms with E-state index in [4.69, 9.17) is 11.6 Å². The van der Waals surface area contributed by atoms with Gasteiger partial charge in [-0.3, -0.25) is 4.68 Å². The molecule has 2 rings (SSSR count). The topological polar surface area (TPSA) is 41.6 Å². The highest BCUT2D eigenvalue weighted by Crippen LogP contribution is 2.43. The van der Waals surface area contributed by atoms with Crippen LogP contribution >= 0.6 is 11.6 Å². The maximum Gasteiger partial charge on any atom is 0.0850 e. The normalized spacial score (nSPS) is 25.8. The summed E-state index contributed by atoms with van der Waals surface area (Å²) >= 11 is 6.52. The molecule has 3 nitrogen and oxygen atoms in total. The predicted molar refractivity (Wildman–Crippen MR) is 86.3 cm³/mol. The van der Waals surface area contributed by atoms with E-state index in [0.29, 0.717) is 5.92 Å². The van der Waals surface area contributed by atoms with E-state index in [1.165, 1.54) is 12.8 Å². The molecule has 0 saturated heterocycles. The van der Waals surface area contributed by atoms with Crippen LogP contribution in [0.5, 0.6) is 0 Å². The lowest BCUT2D eigenvalue weighted by Gasteiger charge is -2.35. The van der Waals surface area contributed by atoms with Crippen LogP contribution in [0.15, 0.2) is 0 Å². The third-order valence-electron chi connectivity index (χ3n) is 4.96. The Morgan fingerprint density at radius 2 is 2.19 bits per heavy atom. The van der Waals surface area contributed by atoms with E-state index in [-0.39, 0.29) is 5.41 Å². The second kappa shape index (κ2) is 6.83. The lowest BCUT2D eigenvalue weighted by Crippen LogP contribution is -2.30. The van der Waals surface area contributed by atoms with E-state index in [2.05, 4.69) is 31.9 Å². The molecule has 1 aliphatic carbocycles. The van der Waals surface area contributed by atoms with Gasteiger partial charge in [0.2, 0.25) is 0 Å². The molecule has 2 unspecified atom stereocenters. The molecule has 1 fully saturated rings. The van der Waals surface area contributed by atoms with E-state index < -0.39 is 0 Å². The van der Waals surface area contributed by atoms with Gasteiger partial charge < -0.3 is 0 Å². The van der Waals surface area contributed by atoms with Crippen LogP contribution in [-0.4, -0.2) is 9.78 Å². The van der Waals surface area contributed by atoms with Crippen LogP contribution in [0.3, 0.4) is 0 Å². The van der Waals surface area contributed by atoms with Gasteiger partial charge in [-0.1, -0.05) is 44.7 Å². The zero-order chi connectivity index (χ0) is 15.5. The van der Waals surface area contributed by atoms with E-state index in [1.54, 1.807) is 0 Å². The molecule has 0 aromatic carbocycles. The van der Waals surface area contributed by atoms with Crippen molar-refractivity contribution in [1.82, 2.24) is 9.78 Å². The summed E-state index contributed by atoms with van der Waals surface area (Å²) in [6.45, 7) is 7.21. The van der Waals surface area contributed by atoms with Gasteiger partial charge in [-0.25, -0.2) is 0 Å². The molecule has 21 heavy (non-hydrogen) atoms. The van der Waals surface area contributed by atoms with E-state index >= 15 is 0 Å². The van der Waals surface area contributed by atoms with Crippen molar-refractivity contribution in [1.29, 1.82) is 5.26 Å². The summed E-state index contributed by atoms with van der Waals surface area (Å²) in [4.78, 5) is 0. The molecule has 0 amide bonds. The van der Waals surface area contributed by atoms with Crippen LogP contribution in [0, 0.1) is 22.7 Å². The molecule has 0 aliphatic heterocycles. The lowest BCUT2D eigenvalue weighted by atomic mass is 9.67. The minimum atomic E-state index is -0.249. The van der Waals surface area contributed by atoms with Gasteiger partial charge in [0.25, 0.3) is 0 Å². The van der Waals surface area contributed by atoms with Gasteiger partial charge in [0.05, 0.1) is 27.9 Å². The number of aryl methyl sites for hydroxylation is 2. The SMILES string of the molecule is CCc1nn(CC)c(CC2(C#N)CCCC(CC)C2)c1Cl. The summed E-state index contributed by atoms with van der Waals surface area (Å²) in [5, 5.41) is 15.2. The van der Waals surface area contributed by atoms with Crippen LogP contribution < -0.4 is 0 Å². The Balaban J connectivity index is 2.30. The van der Waals surface area contributed by atoms with Crippen molar-refractivity contribution in [3.63, 3.8) is 0 Å². The van der Waals surface area contributed by atoms with Gasteiger partial charge in [0.1, 0.15) is 0 Å². The fourth-order valence-corrected chi connectivity index (χ4v) is 3.98. The Morgan fingerprint density at radius 3 is 2.76 bits per heavy atom. The molecule has 1 aromatic rings. The molecular formula is C17H26ClN3. The van der Waals surface area contributed by atoms with Crippen LogP contribution in [0.4, 0.5) is 0 Å². The highest BCUT2D eigenvalue weighted by Gasteiger charge is 2.38. The third-order valence-corrected chi connectivity index (χ3v) is 5.40. The van der Waals surface area contributed by atoms with Crippen LogP contribution in [0.2, 0.25) is 5.02 Å². The van der Waals surface area contributed by atoms with Crippen molar-refractivity contribution >= 4 is 11.6 Å². The first kappa shape index (κ1) is 16.4. The Bertz CT molecular complexity index is 529. The van der Waals surface area contributed by atoms with Gasteiger partial charge in [-0.15, -0.1) is 0 Å². The number of rotatable bonds is 5. The minimum Gasteiger partial charge on any atom is -0.268 e. The molecule has 4 heteroatoms. The Hall–Kier alpha value is -1.01. The Labute approximate surface area is 133 Å². The van der Waals surface area contributed by atoms with Crippen molar-refractivity contribution in [2.75, 3.05) is 0 Å². The van der Waals surface area contributed by atoms with Crippen molar-refractivity contribution in [3.8, 4) is 6.07 Å². The summed E-state index contributed by atoms with van der Waals surface area (Å²) in [6.07, 6.45) is 7.19. The molecule has 116 valence electrons. The van der Waals surface area contributed by atoms with Crippen LogP contribution in [0.1, 0.15) is 64.3 Å². The standard InChI is InChI=1S/C17H26ClN3/c1-4-13-8-7-9-17(10-13,12-19)11-15-16(18)14(5-2)20-21(15)6-3/h13H,4-11H2,1-3H3. The molecule has 1 heterocycles. The van der Waals surface area contributed by atoms with E-state index in [1.807, 2.05) is 4.68 Å². The summed E-state index contributed by atoms with van der Waals surface area (Å²) in [7, 11) is 0. The molecule has 0 radical (unpaired) electrons. The Kier molecular flexibility index (Phi) is 5.32. The second-order valence-corrected chi connectivity index (χ2v) is 6.69. The predicted octanol–water partition coefficient (Wildman–Crippen LogP) is 4.77. The average molecular weight is 308 g/mol. The second-order valence-electron chi connectivity index (χ2n) is 6.32. The van der Waals surface area contributed by atoms with Crippen LogP contribution in [-0.2, 0) is 19.4 Å². The zero-order valence-corrected chi connectivity index (χ0v) is 14.2. The largest absolute Gasteiger partial charge is 0.268 e. The first-order valence-corrected chi connectivity index (χ1v) is 8.62. The molecule has 1 aliphatic rings. The first-order valence-electron chi connectivity index (χ1n) is 8.24. The van der Waals surface area contributed by atoms with Gasteiger partial charge in [0.15, 0.2) is 0 Å². The van der Waals surface area contributed by atoms with Gasteiger partial charge in [-0.05, 0) is 32.1 Å². The van der Waals surface area contributed by atoms with Gasteiger partial charge in [-0.2, -0.15) is 10.4 Å². The third kappa shape index (κ3) is 3.26. The monoisotopic (exact) mass is 307 g/mol. The summed E-state index contributed by atoms with van der Waals surface area (Å²) in [5.41, 5.74) is 1.78. The van der Waals surface area contributed by atoms with Crippen molar-refractivity contribution in [2.45, 2.75) is 72.3 Å². The summed E-state index contributed by atoms with van der Waals surface area (Å²) in [5.74, 6) is 0.681. The van der Waals surface area contributed by atoms with Crippen molar-refractivity contribution < 1.29 is 0 Å². The van der Waals surface area contributed by atoms with Crippen LogP contribution in [0.25, 0.3) is 0 Å². The number of hydrogen-bond acceptors (Lipinski definition) is 2. The molecule has 0 N–H and O–H groups in total. The highest BCUT2D eigenvalue weighted by molar-refractivity contribution is 6.31. The molecule has 0 bridgehead atoms. The molecule has 1 saturated carbocycles. The van der Waals surface area contributed by atoms with Gasteiger partial charge in [0, 0.05) is 13.0 Å². The smallest absolute Gasteiger partial charge is 0.0850 e. The maximum absolute atomic E-state index is 9.81. The number of nitriles is 1. The molecule has 0 spiro atoms.